The fraction of sp³-hybridized carbons (Fsp3) is 0.312. The summed E-state index contributed by atoms with van der Waals surface area (Å²) in [5.74, 6) is 0.140. The van der Waals surface area contributed by atoms with E-state index in [0.29, 0.717) is 5.76 Å². The van der Waals surface area contributed by atoms with E-state index in [2.05, 4.69) is 9.97 Å². The van der Waals surface area contributed by atoms with Gasteiger partial charge in [0.15, 0.2) is 17.2 Å². The van der Waals surface area contributed by atoms with Crippen LogP contribution in [0.15, 0.2) is 37.4 Å². The van der Waals surface area contributed by atoms with Gasteiger partial charge in [0.05, 0.1) is 13.4 Å². The van der Waals surface area contributed by atoms with Crippen LogP contribution in [0.2, 0.25) is 0 Å². The number of aryl methyl sites for hydroxylation is 1. The van der Waals surface area contributed by atoms with Gasteiger partial charge in [0.25, 0.3) is 5.56 Å². The summed E-state index contributed by atoms with van der Waals surface area (Å²) in [6.45, 7) is 1.64. The topological polar surface area (TPSA) is 109 Å². The monoisotopic (exact) mass is 376 g/mol. The van der Waals surface area contributed by atoms with Crippen molar-refractivity contribution in [3.05, 3.63) is 39.2 Å². The Kier molecular flexibility index (Phi) is 4.68. The lowest BCUT2D eigenvalue weighted by Crippen LogP contribution is -2.37. The molecule has 9 nitrogen and oxygen atoms in total. The lowest BCUT2D eigenvalue weighted by molar-refractivity contribution is -0.139. The molecule has 0 aliphatic heterocycles. The van der Waals surface area contributed by atoms with Crippen molar-refractivity contribution < 1.29 is 13.9 Å². The molecule has 0 radical (unpaired) electrons. The fourth-order valence-electron chi connectivity index (χ4n) is 2.41. The van der Waals surface area contributed by atoms with E-state index in [1.54, 1.807) is 19.1 Å². The van der Waals surface area contributed by atoms with Gasteiger partial charge in [-0.05, 0) is 19.1 Å². The van der Waals surface area contributed by atoms with Crippen molar-refractivity contribution in [2.24, 2.45) is 14.1 Å². The van der Waals surface area contributed by atoms with E-state index in [4.69, 9.17) is 9.15 Å². The van der Waals surface area contributed by atoms with Crippen LogP contribution in [-0.4, -0.2) is 37.4 Å². The number of rotatable bonds is 4. The maximum atomic E-state index is 12.7. The van der Waals surface area contributed by atoms with Crippen molar-refractivity contribution in [2.75, 3.05) is 7.11 Å². The van der Waals surface area contributed by atoms with Crippen LogP contribution in [0, 0.1) is 0 Å². The maximum absolute atomic E-state index is 12.7. The van der Waals surface area contributed by atoms with E-state index < -0.39 is 22.5 Å². The molecule has 136 valence electrons. The number of ether oxygens (including phenoxy) is 1. The van der Waals surface area contributed by atoms with Crippen LogP contribution >= 0.6 is 11.8 Å². The molecule has 0 fully saturated rings. The molecule has 0 saturated carbocycles. The predicted octanol–water partition coefficient (Wildman–Crippen LogP) is 0.941. The summed E-state index contributed by atoms with van der Waals surface area (Å²) in [5, 5.41) is -0.175. The Morgan fingerprint density at radius 3 is 2.62 bits per heavy atom. The van der Waals surface area contributed by atoms with Crippen LogP contribution in [-0.2, 0) is 23.6 Å². The lowest BCUT2D eigenvalue weighted by atomic mass is 10.3. The molecule has 0 saturated heterocycles. The van der Waals surface area contributed by atoms with Crippen molar-refractivity contribution >= 4 is 28.8 Å². The van der Waals surface area contributed by atoms with Crippen molar-refractivity contribution in [1.29, 1.82) is 0 Å². The number of aromatic nitrogens is 4. The highest BCUT2D eigenvalue weighted by Gasteiger charge is 2.23. The second-order valence-electron chi connectivity index (χ2n) is 5.52. The summed E-state index contributed by atoms with van der Waals surface area (Å²) in [7, 11) is 4.18. The highest BCUT2D eigenvalue weighted by Crippen LogP contribution is 2.29. The largest absolute Gasteiger partial charge is 0.468 e. The van der Waals surface area contributed by atoms with E-state index in [-0.39, 0.29) is 21.9 Å². The van der Waals surface area contributed by atoms with Crippen LogP contribution < -0.4 is 11.2 Å². The zero-order valence-electron chi connectivity index (χ0n) is 14.5. The second-order valence-corrected chi connectivity index (χ2v) is 6.85. The standard InChI is InChI=1S/C16H16N4O5S/c1-8(15(22)24-4)26-13-10-12(19(2)16(23)20(3)14(10)21)17-11(18-13)9-6-5-7-25-9/h5-8H,1-4H3. The Morgan fingerprint density at radius 2 is 2.00 bits per heavy atom. The molecule has 26 heavy (non-hydrogen) atoms. The minimum Gasteiger partial charge on any atom is -0.468 e. The summed E-state index contributed by atoms with van der Waals surface area (Å²) in [6.07, 6.45) is 1.47. The van der Waals surface area contributed by atoms with E-state index in [1.165, 1.54) is 32.0 Å². The van der Waals surface area contributed by atoms with Crippen molar-refractivity contribution in [3.8, 4) is 11.6 Å². The Hall–Kier alpha value is -2.88. The van der Waals surface area contributed by atoms with Crippen LogP contribution in [0.25, 0.3) is 22.6 Å². The zero-order valence-corrected chi connectivity index (χ0v) is 15.4. The van der Waals surface area contributed by atoms with E-state index >= 15 is 0 Å². The normalized spacial score (nSPS) is 12.3. The van der Waals surface area contributed by atoms with Gasteiger partial charge in [0.1, 0.15) is 15.7 Å². The lowest BCUT2D eigenvalue weighted by Gasteiger charge is -2.13. The molecule has 0 aromatic carbocycles. The summed E-state index contributed by atoms with van der Waals surface area (Å²) >= 11 is 1.06. The highest BCUT2D eigenvalue weighted by atomic mass is 32.2. The number of hydrogen-bond acceptors (Lipinski definition) is 8. The molecule has 3 rings (SSSR count). The van der Waals surface area contributed by atoms with Crippen molar-refractivity contribution in [3.63, 3.8) is 0 Å². The summed E-state index contributed by atoms with van der Waals surface area (Å²) in [6, 6.07) is 3.34. The molecular formula is C16H16N4O5S. The third-order valence-electron chi connectivity index (χ3n) is 3.83. The molecule has 0 amide bonds. The third-order valence-corrected chi connectivity index (χ3v) is 4.89. The van der Waals surface area contributed by atoms with Gasteiger partial charge in [0.2, 0.25) is 0 Å². The van der Waals surface area contributed by atoms with Gasteiger partial charge in [-0.15, -0.1) is 0 Å². The number of esters is 1. The predicted molar refractivity (Wildman–Crippen MR) is 95.1 cm³/mol. The number of fused-ring (bicyclic) bond motifs is 1. The number of carbonyl (C=O) groups excluding carboxylic acids is 1. The van der Waals surface area contributed by atoms with E-state index in [0.717, 1.165) is 16.3 Å². The summed E-state index contributed by atoms with van der Waals surface area (Å²) < 4.78 is 12.3. The van der Waals surface area contributed by atoms with Gasteiger partial charge >= 0.3 is 11.7 Å². The Bertz CT molecular complexity index is 1100. The molecular weight excluding hydrogens is 360 g/mol. The first-order valence-corrected chi connectivity index (χ1v) is 8.49. The summed E-state index contributed by atoms with van der Waals surface area (Å²) in [5.41, 5.74) is -0.878. The highest BCUT2D eigenvalue weighted by molar-refractivity contribution is 8.00. The summed E-state index contributed by atoms with van der Waals surface area (Å²) in [4.78, 5) is 45.4. The molecule has 3 aromatic heterocycles. The molecule has 0 N–H and O–H groups in total. The first-order valence-electron chi connectivity index (χ1n) is 7.61. The minimum atomic E-state index is -0.607. The van der Waals surface area contributed by atoms with Crippen LogP contribution in [0.3, 0.4) is 0 Å². The maximum Gasteiger partial charge on any atom is 0.332 e. The molecule has 0 aliphatic rings. The van der Waals surface area contributed by atoms with Gasteiger partial charge in [-0.25, -0.2) is 14.8 Å². The first kappa shape index (κ1) is 17.9. The smallest absolute Gasteiger partial charge is 0.332 e. The number of furan rings is 1. The van der Waals surface area contributed by atoms with Crippen LogP contribution in [0.5, 0.6) is 0 Å². The SMILES string of the molecule is COC(=O)C(C)Sc1nc(-c2ccco2)nc2c1c(=O)n(C)c(=O)n2C. The molecule has 0 aliphatic carbocycles. The number of thioether (sulfide) groups is 1. The Morgan fingerprint density at radius 1 is 1.27 bits per heavy atom. The fourth-order valence-corrected chi connectivity index (χ4v) is 3.37. The molecule has 0 bridgehead atoms. The van der Waals surface area contributed by atoms with Gasteiger partial charge in [0, 0.05) is 14.1 Å². The molecule has 10 heteroatoms. The second kappa shape index (κ2) is 6.79. The average Bonchev–Trinajstić information content (AvgIpc) is 3.18. The molecule has 3 aromatic rings. The third kappa shape index (κ3) is 2.92. The number of methoxy groups -OCH3 is 1. The molecule has 0 spiro atoms. The number of nitrogens with zero attached hydrogens (tertiary/aromatic N) is 4. The van der Waals surface area contributed by atoms with Crippen LogP contribution in [0.4, 0.5) is 0 Å². The van der Waals surface area contributed by atoms with Crippen molar-refractivity contribution in [2.45, 2.75) is 17.2 Å². The van der Waals surface area contributed by atoms with Gasteiger partial charge in [-0.3, -0.25) is 18.7 Å². The quantitative estimate of drug-likeness (QED) is 0.376. The van der Waals surface area contributed by atoms with Crippen molar-refractivity contribution in [1.82, 2.24) is 19.1 Å². The number of hydrogen-bond donors (Lipinski definition) is 0. The van der Waals surface area contributed by atoms with Gasteiger partial charge in [-0.1, -0.05) is 11.8 Å². The number of carbonyl (C=O) groups is 1. The minimum absolute atomic E-state index is 0.158. The molecule has 3 heterocycles. The molecule has 1 unspecified atom stereocenters. The van der Waals surface area contributed by atoms with E-state index in [9.17, 15) is 14.4 Å². The molecule has 1 atom stereocenters. The average molecular weight is 376 g/mol. The zero-order chi connectivity index (χ0) is 19.0. The van der Waals surface area contributed by atoms with Crippen LogP contribution in [0.1, 0.15) is 6.92 Å². The first-order chi connectivity index (χ1) is 12.3. The van der Waals surface area contributed by atoms with Gasteiger partial charge < -0.3 is 9.15 Å². The van der Waals surface area contributed by atoms with E-state index in [1.807, 2.05) is 0 Å². The van der Waals surface area contributed by atoms with Gasteiger partial charge in [-0.2, -0.15) is 0 Å². The Balaban J connectivity index is 2.34. The Labute approximate surface area is 151 Å².